The number of ether oxygens (including phenoxy) is 2. The Morgan fingerprint density at radius 3 is 2.67 bits per heavy atom. The molecular formula is C9H17NO2. The van der Waals surface area contributed by atoms with Crippen LogP contribution < -0.4 is 5.73 Å². The van der Waals surface area contributed by atoms with Gasteiger partial charge in [0.15, 0.2) is 0 Å². The van der Waals surface area contributed by atoms with E-state index in [1.807, 2.05) is 0 Å². The zero-order chi connectivity index (χ0) is 8.39. The third-order valence-corrected chi connectivity index (χ3v) is 2.70. The predicted octanol–water partition coefficient (Wildman–Crippen LogP) is 0.672. The highest BCUT2D eigenvalue weighted by Gasteiger charge is 2.26. The summed E-state index contributed by atoms with van der Waals surface area (Å²) in [7, 11) is 0. The quantitative estimate of drug-likeness (QED) is 0.664. The fourth-order valence-electron chi connectivity index (χ4n) is 1.99. The highest BCUT2D eigenvalue weighted by molar-refractivity contribution is 4.79. The van der Waals surface area contributed by atoms with Crippen LogP contribution >= 0.6 is 0 Å². The Balaban J connectivity index is 1.72. The molecule has 1 heterocycles. The van der Waals surface area contributed by atoms with E-state index < -0.39 is 0 Å². The average molecular weight is 171 g/mol. The molecule has 3 atom stereocenters. The standard InChI is InChI=1S/C9H17NO2/c10-7-1-2-8(5-7)12-9-3-4-11-6-9/h7-9H,1-6,10H2. The lowest BCUT2D eigenvalue weighted by molar-refractivity contribution is -0.0122. The molecule has 1 saturated heterocycles. The van der Waals surface area contributed by atoms with Crippen LogP contribution in [0.25, 0.3) is 0 Å². The van der Waals surface area contributed by atoms with E-state index in [-0.39, 0.29) is 0 Å². The minimum absolute atomic E-state index is 0.347. The van der Waals surface area contributed by atoms with Crippen LogP contribution in [0.4, 0.5) is 0 Å². The monoisotopic (exact) mass is 171 g/mol. The lowest BCUT2D eigenvalue weighted by atomic mass is 10.2. The molecule has 1 saturated carbocycles. The number of hydrogen-bond donors (Lipinski definition) is 1. The van der Waals surface area contributed by atoms with Gasteiger partial charge in [0.25, 0.3) is 0 Å². The summed E-state index contributed by atoms with van der Waals surface area (Å²) in [6, 6.07) is 0.373. The Labute approximate surface area is 73.2 Å². The van der Waals surface area contributed by atoms with Crippen molar-refractivity contribution in [1.82, 2.24) is 0 Å². The van der Waals surface area contributed by atoms with Gasteiger partial charge in [-0.2, -0.15) is 0 Å². The molecule has 0 spiro atoms. The summed E-state index contributed by atoms with van der Waals surface area (Å²) in [4.78, 5) is 0. The van der Waals surface area contributed by atoms with Crippen LogP contribution in [0.2, 0.25) is 0 Å². The Morgan fingerprint density at radius 1 is 1.17 bits per heavy atom. The third-order valence-electron chi connectivity index (χ3n) is 2.70. The van der Waals surface area contributed by atoms with Crippen LogP contribution in [-0.2, 0) is 9.47 Å². The zero-order valence-corrected chi connectivity index (χ0v) is 7.37. The summed E-state index contributed by atoms with van der Waals surface area (Å²) in [5.74, 6) is 0. The van der Waals surface area contributed by atoms with Crippen LogP contribution in [-0.4, -0.2) is 31.5 Å². The Hall–Kier alpha value is -0.120. The fraction of sp³-hybridized carbons (Fsp3) is 1.00. The van der Waals surface area contributed by atoms with Crippen molar-refractivity contribution in [2.24, 2.45) is 5.73 Å². The first-order chi connectivity index (χ1) is 5.84. The molecular weight excluding hydrogens is 154 g/mol. The molecule has 0 bridgehead atoms. The summed E-state index contributed by atoms with van der Waals surface area (Å²) >= 11 is 0. The highest BCUT2D eigenvalue weighted by Crippen LogP contribution is 2.23. The van der Waals surface area contributed by atoms with E-state index in [1.165, 1.54) is 0 Å². The molecule has 1 aliphatic carbocycles. The Morgan fingerprint density at radius 2 is 2.08 bits per heavy atom. The largest absolute Gasteiger partial charge is 0.379 e. The number of nitrogens with two attached hydrogens (primary N) is 1. The molecule has 0 aromatic carbocycles. The van der Waals surface area contributed by atoms with Gasteiger partial charge >= 0.3 is 0 Å². The molecule has 1 aliphatic heterocycles. The van der Waals surface area contributed by atoms with Crippen LogP contribution in [0.5, 0.6) is 0 Å². The van der Waals surface area contributed by atoms with Crippen molar-refractivity contribution >= 4 is 0 Å². The van der Waals surface area contributed by atoms with Gasteiger partial charge in [-0.1, -0.05) is 0 Å². The molecule has 0 aromatic rings. The SMILES string of the molecule is NC1CCC(OC2CCOC2)C1. The molecule has 3 heteroatoms. The van der Waals surface area contributed by atoms with Crippen molar-refractivity contribution in [3.63, 3.8) is 0 Å². The van der Waals surface area contributed by atoms with Crippen LogP contribution in [0.1, 0.15) is 25.7 Å². The molecule has 70 valence electrons. The van der Waals surface area contributed by atoms with Crippen molar-refractivity contribution in [2.75, 3.05) is 13.2 Å². The minimum atomic E-state index is 0.347. The number of hydrogen-bond acceptors (Lipinski definition) is 3. The first kappa shape index (κ1) is 8.48. The lowest BCUT2D eigenvalue weighted by Crippen LogP contribution is -2.22. The van der Waals surface area contributed by atoms with E-state index in [2.05, 4.69) is 0 Å². The molecule has 0 aromatic heterocycles. The second-order valence-electron chi connectivity index (χ2n) is 3.82. The van der Waals surface area contributed by atoms with Gasteiger partial charge in [-0.15, -0.1) is 0 Å². The highest BCUT2D eigenvalue weighted by atomic mass is 16.5. The second kappa shape index (κ2) is 3.73. The van der Waals surface area contributed by atoms with Crippen LogP contribution in [0.15, 0.2) is 0 Å². The van der Waals surface area contributed by atoms with Gasteiger partial charge in [-0.3, -0.25) is 0 Å². The van der Waals surface area contributed by atoms with Crippen LogP contribution in [0, 0.1) is 0 Å². The smallest absolute Gasteiger partial charge is 0.0834 e. The summed E-state index contributed by atoms with van der Waals surface area (Å²) in [6.07, 6.45) is 5.12. The maximum absolute atomic E-state index is 5.84. The van der Waals surface area contributed by atoms with Crippen molar-refractivity contribution in [3.05, 3.63) is 0 Å². The first-order valence-electron chi connectivity index (χ1n) is 4.83. The average Bonchev–Trinajstić information content (AvgIpc) is 2.63. The molecule has 3 unspecified atom stereocenters. The maximum Gasteiger partial charge on any atom is 0.0834 e. The lowest BCUT2D eigenvalue weighted by Gasteiger charge is -2.15. The van der Waals surface area contributed by atoms with Gasteiger partial charge in [0, 0.05) is 12.6 Å². The van der Waals surface area contributed by atoms with Crippen molar-refractivity contribution in [2.45, 2.75) is 43.9 Å². The van der Waals surface area contributed by atoms with E-state index in [9.17, 15) is 0 Å². The van der Waals surface area contributed by atoms with E-state index >= 15 is 0 Å². The third kappa shape index (κ3) is 1.97. The molecule has 0 amide bonds. The number of rotatable bonds is 2. The van der Waals surface area contributed by atoms with Gasteiger partial charge in [0.1, 0.15) is 0 Å². The molecule has 2 N–H and O–H groups in total. The van der Waals surface area contributed by atoms with Crippen molar-refractivity contribution in [1.29, 1.82) is 0 Å². The van der Waals surface area contributed by atoms with Gasteiger partial charge in [0.2, 0.25) is 0 Å². The Bertz CT molecular complexity index is 145. The van der Waals surface area contributed by atoms with E-state index in [0.29, 0.717) is 18.2 Å². The molecule has 2 fully saturated rings. The minimum Gasteiger partial charge on any atom is -0.379 e. The summed E-state index contributed by atoms with van der Waals surface area (Å²) in [6.45, 7) is 1.65. The van der Waals surface area contributed by atoms with E-state index in [4.69, 9.17) is 15.2 Å². The van der Waals surface area contributed by atoms with Crippen LogP contribution in [0.3, 0.4) is 0 Å². The van der Waals surface area contributed by atoms with Gasteiger partial charge in [-0.25, -0.2) is 0 Å². The normalized spacial score (nSPS) is 42.2. The summed E-state index contributed by atoms with van der Waals surface area (Å²) < 4.78 is 11.1. The van der Waals surface area contributed by atoms with Gasteiger partial charge in [-0.05, 0) is 25.7 Å². The summed E-state index contributed by atoms with van der Waals surface area (Å²) in [5, 5.41) is 0. The topological polar surface area (TPSA) is 44.5 Å². The van der Waals surface area contributed by atoms with Gasteiger partial charge in [0.05, 0.1) is 18.8 Å². The second-order valence-corrected chi connectivity index (χ2v) is 3.82. The first-order valence-corrected chi connectivity index (χ1v) is 4.83. The molecule has 2 aliphatic rings. The molecule has 2 rings (SSSR count). The molecule has 0 radical (unpaired) electrons. The Kier molecular flexibility index (Phi) is 2.63. The zero-order valence-electron chi connectivity index (χ0n) is 7.37. The summed E-state index contributed by atoms with van der Waals surface area (Å²) in [5.41, 5.74) is 5.79. The van der Waals surface area contributed by atoms with E-state index in [0.717, 1.165) is 38.9 Å². The maximum atomic E-state index is 5.84. The predicted molar refractivity (Wildman–Crippen MR) is 45.9 cm³/mol. The van der Waals surface area contributed by atoms with E-state index in [1.54, 1.807) is 0 Å². The van der Waals surface area contributed by atoms with Gasteiger partial charge < -0.3 is 15.2 Å². The molecule has 12 heavy (non-hydrogen) atoms. The van der Waals surface area contributed by atoms with Crippen molar-refractivity contribution in [3.8, 4) is 0 Å². The fourth-order valence-corrected chi connectivity index (χ4v) is 1.99. The van der Waals surface area contributed by atoms with Crippen molar-refractivity contribution < 1.29 is 9.47 Å². The molecule has 3 nitrogen and oxygen atoms in total.